The molecule has 0 aromatic carbocycles. The van der Waals surface area contributed by atoms with Crippen LogP contribution < -0.4 is 0 Å². The van der Waals surface area contributed by atoms with Gasteiger partial charge in [-0.15, -0.1) is 0 Å². The Balaban J connectivity index is 3.27. The second kappa shape index (κ2) is 16.1. The number of unbranched alkanes of at least 4 members (excludes halogenated alkanes) is 12. The first-order valence-electron chi connectivity index (χ1n) is 9.47. The second-order valence-electron chi connectivity index (χ2n) is 6.49. The van der Waals surface area contributed by atoms with E-state index in [1.807, 2.05) is 0 Å². The third-order valence-corrected chi connectivity index (χ3v) is 4.29. The van der Waals surface area contributed by atoms with Crippen LogP contribution in [-0.2, 0) is 9.59 Å². The van der Waals surface area contributed by atoms with E-state index in [0.717, 1.165) is 12.8 Å². The molecule has 1 atom stereocenters. The first-order chi connectivity index (χ1) is 11.1. The van der Waals surface area contributed by atoms with Gasteiger partial charge in [0.15, 0.2) is 17.7 Å². The van der Waals surface area contributed by atoms with Crippen LogP contribution in [0.2, 0.25) is 0 Å². The molecule has 0 aromatic heterocycles. The average molecular weight is 328 g/mol. The highest BCUT2D eigenvalue weighted by atomic mass is 16.3. The Labute approximate surface area is 141 Å². The van der Waals surface area contributed by atoms with E-state index in [2.05, 4.69) is 6.92 Å². The normalized spacial score (nSPS) is 12.3. The van der Waals surface area contributed by atoms with Crippen LogP contribution in [-0.4, -0.2) is 34.5 Å². The predicted molar refractivity (Wildman–Crippen MR) is 93.4 cm³/mol. The van der Waals surface area contributed by atoms with Gasteiger partial charge in [0, 0.05) is 6.42 Å². The first-order valence-corrected chi connectivity index (χ1v) is 9.47. The molecule has 0 aliphatic carbocycles. The Morgan fingerprint density at radius 1 is 0.696 bits per heavy atom. The maximum Gasteiger partial charge on any atom is 0.194 e. The van der Waals surface area contributed by atoms with Crippen LogP contribution in [0, 0.1) is 0 Å². The van der Waals surface area contributed by atoms with Crippen LogP contribution in [0.5, 0.6) is 0 Å². The van der Waals surface area contributed by atoms with Gasteiger partial charge in [0.25, 0.3) is 0 Å². The molecule has 0 bridgehead atoms. The maximum atomic E-state index is 11.5. The SMILES string of the molecule is CCCCCCCCCCCCCCCC(=O)C(O)C(=O)CO. The number of aliphatic hydroxyl groups excluding tert-OH is 2. The third kappa shape index (κ3) is 13.4. The Bertz CT molecular complexity index is 302. The van der Waals surface area contributed by atoms with Gasteiger partial charge in [-0.3, -0.25) is 9.59 Å². The molecule has 4 nitrogen and oxygen atoms in total. The second-order valence-corrected chi connectivity index (χ2v) is 6.49. The van der Waals surface area contributed by atoms with Crippen molar-refractivity contribution in [3.05, 3.63) is 0 Å². The molecule has 0 spiro atoms. The molecule has 0 amide bonds. The van der Waals surface area contributed by atoms with Gasteiger partial charge in [-0.2, -0.15) is 0 Å². The molecule has 0 saturated carbocycles. The van der Waals surface area contributed by atoms with Crippen molar-refractivity contribution in [2.75, 3.05) is 6.61 Å². The lowest BCUT2D eigenvalue weighted by molar-refractivity contribution is -0.140. The predicted octanol–water partition coefficient (Wildman–Crippen LogP) is 3.96. The van der Waals surface area contributed by atoms with E-state index in [1.54, 1.807) is 0 Å². The van der Waals surface area contributed by atoms with Crippen LogP contribution in [0.15, 0.2) is 0 Å². The minimum atomic E-state index is -1.63. The van der Waals surface area contributed by atoms with Gasteiger partial charge < -0.3 is 10.2 Å². The van der Waals surface area contributed by atoms with Crippen molar-refractivity contribution in [3.63, 3.8) is 0 Å². The summed E-state index contributed by atoms with van der Waals surface area (Å²) in [6.07, 6.45) is 14.6. The summed E-state index contributed by atoms with van der Waals surface area (Å²) in [5.41, 5.74) is 0. The highest BCUT2D eigenvalue weighted by Gasteiger charge is 2.21. The number of rotatable bonds is 17. The van der Waals surface area contributed by atoms with Gasteiger partial charge in [0.05, 0.1) is 0 Å². The molecule has 2 N–H and O–H groups in total. The topological polar surface area (TPSA) is 74.6 Å². The molecule has 0 rings (SSSR count). The molecule has 136 valence electrons. The molecule has 0 aliphatic heterocycles. The number of carbonyl (C=O) groups excluding carboxylic acids is 2. The Morgan fingerprint density at radius 3 is 1.48 bits per heavy atom. The van der Waals surface area contributed by atoms with Crippen molar-refractivity contribution in [1.82, 2.24) is 0 Å². The van der Waals surface area contributed by atoms with Crippen molar-refractivity contribution < 1.29 is 19.8 Å². The molecule has 0 fully saturated rings. The largest absolute Gasteiger partial charge is 0.388 e. The lowest BCUT2D eigenvalue weighted by Gasteiger charge is -2.06. The Kier molecular flexibility index (Phi) is 15.6. The Hall–Kier alpha value is -0.740. The molecular weight excluding hydrogens is 292 g/mol. The van der Waals surface area contributed by atoms with E-state index < -0.39 is 24.3 Å². The molecule has 4 heteroatoms. The van der Waals surface area contributed by atoms with Crippen LogP contribution in [0.1, 0.15) is 96.8 Å². The van der Waals surface area contributed by atoms with E-state index in [0.29, 0.717) is 6.42 Å². The average Bonchev–Trinajstić information content (AvgIpc) is 2.57. The van der Waals surface area contributed by atoms with E-state index in [-0.39, 0.29) is 6.42 Å². The van der Waals surface area contributed by atoms with Crippen molar-refractivity contribution in [1.29, 1.82) is 0 Å². The Morgan fingerprint density at radius 2 is 1.09 bits per heavy atom. The van der Waals surface area contributed by atoms with Gasteiger partial charge in [-0.05, 0) is 6.42 Å². The fourth-order valence-corrected chi connectivity index (χ4v) is 2.72. The third-order valence-electron chi connectivity index (χ3n) is 4.29. The van der Waals surface area contributed by atoms with Gasteiger partial charge in [-0.25, -0.2) is 0 Å². The first kappa shape index (κ1) is 22.3. The monoisotopic (exact) mass is 328 g/mol. The summed E-state index contributed by atoms with van der Waals surface area (Å²) in [5.74, 6) is -1.27. The number of carbonyl (C=O) groups is 2. The summed E-state index contributed by atoms with van der Waals surface area (Å²) in [4.78, 5) is 22.4. The highest BCUT2D eigenvalue weighted by molar-refractivity contribution is 6.05. The van der Waals surface area contributed by atoms with Gasteiger partial charge in [0.2, 0.25) is 0 Å². The number of Topliss-reactive ketones (excluding diaryl/α,β-unsaturated/α-hetero) is 2. The quantitative estimate of drug-likeness (QED) is 0.313. The fourth-order valence-electron chi connectivity index (χ4n) is 2.72. The molecule has 1 unspecified atom stereocenters. The van der Waals surface area contributed by atoms with Gasteiger partial charge in [-0.1, -0.05) is 84.0 Å². The molecule has 0 radical (unpaired) electrons. The summed E-state index contributed by atoms with van der Waals surface area (Å²) in [5, 5.41) is 17.9. The standard InChI is InChI=1S/C19H36O4/c1-2-3-4-5-6-7-8-9-10-11-12-13-14-15-17(21)19(23)18(22)16-20/h19-20,23H,2-16H2,1H3. The number of aliphatic hydroxyl groups is 2. The van der Waals surface area contributed by atoms with Crippen molar-refractivity contribution in [3.8, 4) is 0 Å². The van der Waals surface area contributed by atoms with Gasteiger partial charge >= 0.3 is 0 Å². The minimum absolute atomic E-state index is 0.227. The van der Waals surface area contributed by atoms with Gasteiger partial charge in [0.1, 0.15) is 6.61 Å². The molecule has 0 aromatic rings. The van der Waals surface area contributed by atoms with E-state index in [1.165, 1.54) is 64.2 Å². The van der Waals surface area contributed by atoms with Crippen LogP contribution in [0.25, 0.3) is 0 Å². The summed E-state index contributed by atoms with van der Waals surface area (Å²) >= 11 is 0. The maximum absolute atomic E-state index is 11.5. The molecule has 23 heavy (non-hydrogen) atoms. The molecule has 0 heterocycles. The van der Waals surface area contributed by atoms with Crippen molar-refractivity contribution in [2.24, 2.45) is 0 Å². The summed E-state index contributed by atoms with van der Waals surface area (Å²) < 4.78 is 0. The summed E-state index contributed by atoms with van der Waals surface area (Å²) in [6.45, 7) is 1.47. The zero-order valence-electron chi connectivity index (χ0n) is 14.9. The lowest BCUT2D eigenvalue weighted by Crippen LogP contribution is -2.31. The molecule has 0 aliphatic rings. The van der Waals surface area contributed by atoms with Crippen LogP contribution in [0.4, 0.5) is 0 Å². The smallest absolute Gasteiger partial charge is 0.194 e. The lowest BCUT2D eigenvalue weighted by atomic mass is 10.0. The van der Waals surface area contributed by atoms with Crippen LogP contribution in [0.3, 0.4) is 0 Å². The number of hydrogen-bond acceptors (Lipinski definition) is 4. The zero-order chi connectivity index (χ0) is 17.3. The number of ketones is 2. The highest BCUT2D eigenvalue weighted by Crippen LogP contribution is 2.13. The fraction of sp³-hybridized carbons (Fsp3) is 0.895. The van der Waals surface area contributed by atoms with Crippen LogP contribution >= 0.6 is 0 Å². The zero-order valence-corrected chi connectivity index (χ0v) is 14.9. The van der Waals surface area contributed by atoms with E-state index >= 15 is 0 Å². The summed E-state index contributed by atoms with van der Waals surface area (Å²) in [7, 11) is 0. The summed E-state index contributed by atoms with van der Waals surface area (Å²) in [6, 6.07) is 0. The molecule has 0 saturated heterocycles. The molecular formula is C19H36O4. The van der Waals surface area contributed by atoms with E-state index in [9.17, 15) is 14.7 Å². The van der Waals surface area contributed by atoms with Crippen molar-refractivity contribution in [2.45, 2.75) is 103 Å². The number of hydrogen-bond donors (Lipinski definition) is 2. The minimum Gasteiger partial charge on any atom is -0.388 e. The van der Waals surface area contributed by atoms with E-state index in [4.69, 9.17) is 5.11 Å². The van der Waals surface area contributed by atoms with Crippen molar-refractivity contribution >= 4 is 11.6 Å².